The fraction of sp³-hybridized carbons (Fsp3) is 0.300. The van der Waals surface area contributed by atoms with Gasteiger partial charge < -0.3 is 11.1 Å². The zero-order valence-electron chi connectivity index (χ0n) is 8.26. The van der Waals surface area contributed by atoms with Crippen LogP contribution in [-0.2, 0) is 0 Å². The normalized spacial score (nSPS) is 12.3. The van der Waals surface area contributed by atoms with Crippen molar-refractivity contribution < 1.29 is 9.18 Å². The van der Waals surface area contributed by atoms with Crippen LogP contribution in [0.1, 0.15) is 17.3 Å². The predicted molar refractivity (Wildman–Crippen MR) is 57.4 cm³/mol. The molecule has 0 heterocycles. The highest BCUT2D eigenvalue weighted by molar-refractivity contribution is 6.33. The molecule has 0 aliphatic rings. The standard InChI is InChI=1S/C10H12ClFN2O/c1-6(5-13)14-10(15)9-7(11)3-2-4-8(9)12/h2-4,6H,5,13H2,1H3,(H,14,15). The first-order valence-corrected chi connectivity index (χ1v) is 4.89. The summed E-state index contributed by atoms with van der Waals surface area (Å²) >= 11 is 5.72. The minimum Gasteiger partial charge on any atom is -0.348 e. The fourth-order valence-electron chi connectivity index (χ4n) is 1.07. The smallest absolute Gasteiger partial charge is 0.256 e. The van der Waals surface area contributed by atoms with Crippen molar-refractivity contribution in [1.29, 1.82) is 0 Å². The van der Waals surface area contributed by atoms with Crippen LogP contribution in [0.4, 0.5) is 4.39 Å². The van der Waals surface area contributed by atoms with Crippen molar-refractivity contribution in [2.45, 2.75) is 13.0 Å². The van der Waals surface area contributed by atoms with E-state index in [0.29, 0.717) is 0 Å². The molecule has 1 amide bonds. The summed E-state index contributed by atoms with van der Waals surface area (Å²) in [6, 6.07) is 3.88. The van der Waals surface area contributed by atoms with Crippen LogP contribution in [0, 0.1) is 5.82 Å². The number of hydrogen-bond acceptors (Lipinski definition) is 2. The van der Waals surface area contributed by atoms with Crippen LogP contribution in [0.2, 0.25) is 5.02 Å². The molecule has 1 rings (SSSR count). The Balaban J connectivity index is 2.91. The lowest BCUT2D eigenvalue weighted by atomic mass is 10.2. The van der Waals surface area contributed by atoms with E-state index >= 15 is 0 Å². The van der Waals surface area contributed by atoms with Gasteiger partial charge in [-0.3, -0.25) is 4.79 Å². The number of amides is 1. The molecule has 1 aromatic rings. The molecule has 0 bridgehead atoms. The maximum atomic E-state index is 13.3. The summed E-state index contributed by atoms with van der Waals surface area (Å²) in [6.07, 6.45) is 0. The molecule has 0 aliphatic heterocycles. The van der Waals surface area contributed by atoms with Crippen LogP contribution < -0.4 is 11.1 Å². The molecule has 1 aromatic carbocycles. The zero-order valence-corrected chi connectivity index (χ0v) is 9.01. The largest absolute Gasteiger partial charge is 0.348 e. The SMILES string of the molecule is CC(CN)NC(=O)c1c(F)cccc1Cl. The molecule has 0 spiro atoms. The first-order chi connectivity index (χ1) is 7.06. The molecule has 3 N–H and O–H groups in total. The van der Waals surface area contributed by atoms with Gasteiger partial charge in [-0.15, -0.1) is 0 Å². The van der Waals surface area contributed by atoms with Crippen LogP contribution in [0.3, 0.4) is 0 Å². The van der Waals surface area contributed by atoms with Gasteiger partial charge in [0.25, 0.3) is 5.91 Å². The van der Waals surface area contributed by atoms with E-state index in [2.05, 4.69) is 5.32 Å². The van der Waals surface area contributed by atoms with Gasteiger partial charge in [-0.1, -0.05) is 17.7 Å². The van der Waals surface area contributed by atoms with E-state index in [1.54, 1.807) is 6.92 Å². The van der Waals surface area contributed by atoms with Crippen LogP contribution in [0.5, 0.6) is 0 Å². The molecule has 0 saturated heterocycles. The lowest BCUT2D eigenvalue weighted by Crippen LogP contribution is -2.38. The zero-order chi connectivity index (χ0) is 11.4. The van der Waals surface area contributed by atoms with E-state index in [0.717, 1.165) is 0 Å². The van der Waals surface area contributed by atoms with Crippen molar-refractivity contribution in [1.82, 2.24) is 5.32 Å². The molecular weight excluding hydrogens is 219 g/mol. The number of halogens is 2. The molecule has 82 valence electrons. The molecule has 0 saturated carbocycles. The lowest BCUT2D eigenvalue weighted by molar-refractivity contribution is 0.0937. The van der Waals surface area contributed by atoms with Gasteiger partial charge in [0.05, 0.1) is 10.6 Å². The molecule has 0 aliphatic carbocycles. The third-order valence-electron chi connectivity index (χ3n) is 1.92. The monoisotopic (exact) mass is 230 g/mol. The van der Waals surface area contributed by atoms with Crippen molar-refractivity contribution >= 4 is 17.5 Å². The van der Waals surface area contributed by atoms with E-state index in [4.69, 9.17) is 17.3 Å². The van der Waals surface area contributed by atoms with E-state index in [1.165, 1.54) is 18.2 Å². The summed E-state index contributed by atoms with van der Waals surface area (Å²) in [5.74, 6) is -1.18. The van der Waals surface area contributed by atoms with E-state index in [9.17, 15) is 9.18 Å². The molecule has 15 heavy (non-hydrogen) atoms. The van der Waals surface area contributed by atoms with Gasteiger partial charge in [0.1, 0.15) is 5.82 Å². The molecule has 1 atom stereocenters. The Kier molecular flexibility index (Phi) is 4.05. The Bertz CT molecular complexity index is 350. The number of benzene rings is 1. The minimum absolute atomic E-state index is 0.0942. The van der Waals surface area contributed by atoms with Gasteiger partial charge in [-0.25, -0.2) is 4.39 Å². The summed E-state index contributed by atoms with van der Waals surface area (Å²) in [5.41, 5.74) is 5.19. The van der Waals surface area contributed by atoms with Gasteiger partial charge in [0.2, 0.25) is 0 Å². The Morgan fingerprint density at radius 1 is 1.67 bits per heavy atom. The second kappa shape index (κ2) is 5.09. The quantitative estimate of drug-likeness (QED) is 0.828. The predicted octanol–water partition coefficient (Wildman–Crippen LogP) is 1.56. The summed E-state index contributed by atoms with van der Waals surface area (Å²) in [5, 5.41) is 2.63. The van der Waals surface area contributed by atoms with Crippen molar-refractivity contribution in [3.05, 3.63) is 34.6 Å². The number of nitrogens with two attached hydrogens (primary N) is 1. The Morgan fingerprint density at radius 2 is 2.33 bits per heavy atom. The number of carbonyl (C=O) groups is 1. The minimum atomic E-state index is -0.635. The Hall–Kier alpha value is -1.13. The molecule has 5 heteroatoms. The summed E-state index contributed by atoms with van der Waals surface area (Å²) in [6.45, 7) is 2.02. The van der Waals surface area contributed by atoms with Gasteiger partial charge in [-0.05, 0) is 19.1 Å². The van der Waals surface area contributed by atoms with Gasteiger partial charge in [0, 0.05) is 12.6 Å². The number of nitrogens with one attached hydrogen (secondary N) is 1. The Morgan fingerprint density at radius 3 is 2.87 bits per heavy atom. The summed E-state index contributed by atoms with van der Waals surface area (Å²) < 4.78 is 13.3. The Labute approximate surface area is 92.4 Å². The van der Waals surface area contributed by atoms with Crippen LogP contribution in [0.15, 0.2) is 18.2 Å². The van der Waals surface area contributed by atoms with Crippen molar-refractivity contribution in [3.63, 3.8) is 0 Å². The molecular formula is C10H12ClFN2O. The first kappa shape index (κ1) is 11.9. The van der Waals surface area contributed by atoms with Gasteiger partial charge >= 0.3 is 0 Å². The van der Waals surface area contributed by atoms with E-state index in [-0.39, 0.29) is 23.2 Å². The van der Waals surface area contributed by atoms with Crippen molar-refractivity contribution in [3.8, 4) is 0 Å². The highest BCUT2D eigenvalue weighted by Crippen LogP contribution is 2.18. The maximum Gasteiger partial charge on any atom is 0.256 e. The van der Waals surface area contributed by atoms with Gasteiger partial charge in [-0.2, -0.15) is 0 Å². The molecule has 1 unspecified atom stereocenters. The van der Waals surface area contributed by atoms with Gasteiger partial charge in [0.15, 0.2) is 0 Å². The number of carbonyl (C=O) groups excluding carboxylic acids is 1. The third kappa shape index (κ3) is 2.91. The molecule has 0 aromatic heterocycles. The van der Waals surface area contributed by atoms with Crippen LogP contribution >= 0.6 is 11.6 Å². The second-order valence-electron chi connectivity index (χ2n) is 3.21. The maximum absolute atomic E-state index is 13.3. The lowest BCUT2D eigenvalue weighted by Gasteiger charge is -2.12. The topological polar surface area (TPSA) is 55.1 Å². The molecule has 0 radical (unpaired) electrons. The van der Waals surface area contributed by atoms with Crippen molar-refractivity contribution in [2.24, 2.45) is 5.73 Å². The van der Waals surface area contributed by atoms with E-state index < -0.39 is 11.7 Å². The average molecular weight is 231 g/mol. The third-order valence-corrected chi connectivity index (χ3v) is 2.24. The second-order valence-corrected chi connectivity index (χ2v) is 3.61. The van der Waals surface area contributed by atoms with E-state index in [1.807, 2.05) is 0 Å². The number of rotatable bonds is 3. The summed E-state index contributed by atoms with van der Waals surface area (Å²) in [4.78, 5) is 11.6. The molecule has 3 nitrogen and oxygen atoms in total. The average Bonchev–Trinajstić information content (AvgIpc) is 2.17. The fourth-order valence-corrected chi connectivity index (χ4v) is 1.32. The summed E-state index contributed by atoms with van der Waals surface area (Å²) in [7, 11) is 0. The highest BCUT2D eigenvalue weighted by atomic mass is 35.5. The number of hydrogen-bond donors (Lipinski definition) is 2. The van der Waals surface area contributed by atoms with Crippen molar-refractivity contribution in [2.75, 3.05) is 6.54 Å². The van der Waals surface area contributed by atoms with Crippen LogP contribution in [0.25, 0.3) is 0 Å². The first-order valence-electron chi connectivity index (χ1n) is 4.51. The molecule has 0 fully saturated rings. The highest BCUT2D eigenvalue weighted by Gasteiger charge is 2.16. The van der Waals surface area contributed by atoms with Crippen LogP contribution in [-0.4, -0.2) is 18.5 Å².